The highest BCUT2D eigenvalue weighted by atomic mass is 35.5. The Morgan fingerprint density at radius 1 is 1.06 bits per heavy atom. The van der Waals surface area contributed by atoms with Gasteiger partial charge in [0.05, 0.1) is 23.7 Å². The van der Waals surface area contributed by atoms with Gasteiger partial charge in [-0.3, -0.25) is 14.5 Å². The fourth-order valence-electron chi connectivity index (χ4n) is 4.14. The number of rotatable bonds is 9. The van der Waals surface area contributed by atoms with Gasteiger partial charge in [0.2, 0.25) is 5.91 Å². The lowest BCUT2D eigenvalue weighted by molar-refractivity contribution is -0.124. The van der Waals surface area contributed by atoms with E-state index in [1.54, 1.807) is 31.4 Å². The van der Waals surface area contributed by atoms with E-state index in [2.05, 4.69) is 15.5 Å². The maximum Gasteiger partial charge on any atom is 0.253 e. The number of carbonyl (C=O) groups is 2. The average molecular weight is 458 g/mol. The Hall–Kier alpha value is -2.57. The van der Waals surface area contributed by atoms with Gasteiger partial charge >= 0.3 is 0 Å². The van der Waals surface area contributed by atoms with Gasteiger partial charge in [0.25, 0.3) is 5.91 Å². The zero-order valence-corrected chi connectivity index (χ0v) is 19.7. The number of hydrogen-bond donors (Lipinski definition) is 2. The molecule has 2 N–H and O–H groups in total. The fourth-order valence-corrected chi connectivity index (χ4v) is 4.36. The van der Waals surface area contributed by atoms with E-state index in [9.17, 15) is 9.59 Å². The Labute approximate surface area is 195 Å². The van der Waals surface area contributed by atoms with Gasteiger partial charge in [0.1, 0.15) is 11.8 Å². The average Bonchev–Trinajstić information content (AvgIpc) is 3.32. The number of amides is 2. The number of hydrogen-bond acceptors (Lipinski definition) is 4. The minimum atomic E-state index is -0.671. The Kier molecular flexibility index (Phi) is 8.53. The molecule has 0 bridgehead atoms. The molecule has 32 heavy (non-hydrogen) atoms. The van der Waals surface area contributed by atoms with Crippen molar-refractivity contribution in [3.8, 4) is 5.75 Å². The number of nitrogens with zero attached hydrogens (tertiary/aromatic N) is 1. The molecule has 1 heterocycles. The van der Waals surface area contributed by atoms with E-state index in [4.69, 9.17) is 16.3 Å². The monoisotopic (exact) mass is 457 g/mol. The third-order valence-electron chi connectivity index (χ3n) is 5.90. The molecule has 7 heteroatoms. The molecule has 2 amide bonds. The van der Waals surface area contributed by atoms with E-state index in [0.717, 1.165) is 37.2 Å². The van der Waals surface area contributed by atoms with Crippen LogP contribution in [0.1, 0.15) is 48.7 Å². The quantitative estimate of drug-likeness (QED) is 0.595. The van der Waals surface area contributed by atoms with Gasteiger partial charge in [-0.2, -0.15) is 0 Å². The molecule has 0 saturated carbocycles. The van der Waals surface area contributed by atoms with Crippen LogP contribution in [-0.4, -0.2) is 49.5 Å². The summed E-state index contributed by atoms with van der Waals surface area (Å²) >= 11 is 6.15. The summed E-state index contributed by atoms with van der Waals surface area (Å²) in [4.78, 5) is 28.2. The number of nitrogens with one attached hydrogen (secondary N) is 2. The first-order chi connectivity index (χ1) is 15.4. The van der Waals surface area contributed by atoms with Crippen LogP contribution in [0.5, 0.6) is 5.75 Å². The van der Waals surface area contributed by atoms with E-state index in [1.165, 1.54) is 0 Å². The molecule has 1 fully saturated rings. The molecule has 0 aromatic heterocycles. The molecular weight excluding hydrogens is 426 g/mol. The van der Waals surface area contributed by atoms with E-state index in [0.29, 0.717) is 17.1 Å². The van der Waals surface area contributed by atoms with Crippen LogP contribution in [0.3, 0.4) is 0 Å². The van der Waals surface area contributed by atoms with Crippen LogP contribution in [0.2, 0.25) is 5.02 Å². The number of methoxy groups -OCH3 is 1. The van der Waals surface area contributed by atoms with Crippen molar-refractivity contribution in [1.29, 1.82) is 0 Å². The zero-order chi connectivity index (χ0) is 23.1. The number of carbonyl (C=O) groups excluding carboxylic acids is 2. The Morgan fingerprint density at radius 2 is 1.72 bits per heavy atom. The van der Waals surface area contributed by atoms with Gasteiger partial charge in [-0.1, -0.05) is 55.8 Å². The molecule has 2 aromatic rings. The van der Waals surface area contributed by atoms with E-state index < -0.39 is 6.04 Å². The SMILES string of the molecule is COc1ccccc1[C@@H](CNC(=O)[C@@H](NC(=O)c1ccccc1Cl)C(C)C)N1CCCC1. The molecule has 2 aromatic carbocycles. The highest BCUT2D eigenvalue weighted by molar-refractivity contribution is 6.33. The normalized spacial score (nSPS) is 15.9. The minimum Gasteiger partial charge on any atom is -0.496 e. The lowest BCUT2D eigenvalue weighted by atomic mass is 10.0. The molecule has 1 saturated heterocycles. The summed E-state index contributed by atoms with van der Waals surface area (Å²) in [5.41, 5.74) is 1.41. The Morgan fingerprint density at radius 3 is 2.38 bits per heavy atom. The van der Waals surface area contributed by atoms with Crippen molar-refractivity contribution >= 4 is 23.4 Å². The van der Waals surface area contributed by atoms with Crippen LogP contribution in [-0.2, 0) is 4.79 Å². The summed E-state index contributed by atoms with van der Waals surface area (Å²) in [6.07, 6.45) is 2.28. The van der Waals surface area contributed by atoms with Crippen molar-refractivity contribution in [1.82, 2.24) is 15.5 Å². The lowest BCUT2D eigenvalue weighted by Gasteiger charge is -2.30. The van der Waals surface area contributed by atoms with Crippen LogP contribution in [0.25, 0.3) is 0 Å². The van der Waals surface area contributed by atoms with Gasteiger partial charge in [-0.15, -0.1) is 0 Å². The van der Waals surface area contributed by atoms with Crippen molar-refractivity contribution in [2.24, 2.45) is 5.92 Å². The predicted molar refractivity (Wildman–Crippen MR) is 127 cm³/mol. The minimum absolute atomic E-state index is 0.00433. The predicted octanol–water partition coefficient (Wildman–Crippen LogP) is 4.06. The van der Waals surface area contributed by atoms with Crippen molar-refractivity contribution < 1.29 is 14.3 Å². The van der Waals surface area contributed by atoms with Crippen LogP contribution < -0.4 is 15.4 Å². The van der Waals surface area contributed by atoms with Gasteiger partial charge in [-0.05, 0) is 50.0 Å². The molecule has 172 valence electrons. The van der Waals surface area contributed by atoms with E-state index >= 15 is 0 Å². The maximum absolute atomic E-state index is 13.1. The molecular formula is C25H32ClN3O3. The van der Waals surface area contributed by atoms with Gasteiger partial charge in [0, 0.05) is 12.1 Å². The van der Waals surface area contributed by atoms with Crippen molar-refractivity contribution in [3.63, 3.8) is 0 Å². The second-order valence-electron chi connectivity index (χ2n) is 8.42. The second kappa shape index (κ2) is 11.3. The summed E-state index contributed by atoms with van der Waals surface area (Å²) in [5, 5.41) is 6.29. The number of para-hydroxylation sites is 1. The molecule has 3 rings (SSSR count). The lowest BCUT2D eigenvalue weighted by Crippen LogP contribution is -2.51. The standard InChI is InChI=1S/C25H32ClN3O3/c1-17(2)23(28-24(30)18-10-4-6-12-20(18)26)25(31)27-16-21(29-14-8-9-15-29)19-11-5-7-13-22(19)32-3/h4-7,10-13,17,21,23H,8-9,14-16H2,1-3H3,(H,27,31)(H,28,30)/t21-,23+/m1/s1. The molecule has 0 radical (unpaired) electrons. The second-order valence-corrected chi connectivity index (χ2v) is 8.83. The molecule has 1 aliphatic rings. The Balaban J connectivity index is 1.73. The number of likely N-dealkylation sites (tertiary alicyclic amines) is 1. The first-order valence-electron chi connectivity index (χ1n) is 11.1. The van der Waals surface area contributed by atoms with Gasteiger partial charge in [0.15, 0.2) is 0 Å². The van der Waals surface area contributed by atoms with Crippen molar-refractivity contribution in [2.75, 3.05) is 26.7 Å². The zero-order valence-electron chi connectivity index (χ0n) is 18.9. The van der Waals surface area contributed by atoms with Gasteiger partial charge < -0.3 is 15.4 Å². The molecule has 0 aliphatic carbocycles. The van der Waals surface area contributed by atoms with E-state index in [1.807, 2.05) is 38.1 Å². The number of benzene rings is 2. The topological polar surface area (TPSA) is 70.7 Å². The summed E-state index contributed by atoms with van der Waals surface area (Å²) in [5.74, 6) is 0.161. The van der Waals surface area contributed by atoms with Crippen LogP contribution in [0.15, 0.2) is 48.5 Å². The van der Waals surface area contributed by atoms with Crippen molar-refractivity contribution in [2.45, 2.75) is 38.8 Å². The molecule has 0 spiro atoms. The smallest absolute Gasteiger partial charge is 0.253 e. The fraction of sp³-hybridized carbons (Fsp3) is 0.440. The first kappa shape index (κ1) is 24.1. The molecule has 2 atom stereocenters. The largest absolute Gasteiger partial charge is 0.496 e. The highest BCUT2D eigenvalue weighted by Crippen LogP contribution is 2.31. The van der Waals surface area contributed by atoms with Crippen molar-refractivity contribution in [3.05, 3.63) is 64.7 Å². The molecule has 1 aliphatic heterocycles. The van der Waals surface area contributed by atoms with Crippen LogP contribution >= 0.6 is 11.6 Å². The van der Waals surface area contributed by atoms with E-state index in [-0.39, 0.29) is 23.8 Å². The molecule has 0 unspecified atom stereocenters. The molecule has 6 nitrogen and oxygen atoms in total. The van der Waals surface area contributed by atoms with Crippen LogP contribution in [0.4, 0.5) is 0 Å². The Bertz CT molecular complexity index is 928. The summed E-state index contributed by atoms with van der Waals surface area (Å²) in [6.45, 7) is 6.22. The third-order valence-corrected chi connectivity index (χ3v) is 6.23. The number of ether oxygens (including phenoxy) is 1. The third kappa shape index (κ3) is 5.81. The first-order valence-corrected chi connectivity index (χ1v) is 11.5. The number of halogens is 1. The summed E-state index contributed by atoms with van der Waals surface area (Å²) < 4.78 is 5.58. The van der Waals surface area contributed by atoms with Crippen LogP contribution in [0, 0.1) is 5.92 Å². The highest BCUT2D eigenvalue weighted by Gasteiger charge is 2.29. The van der Waals surface area contributed by atoms with Gasteiger partial charge in [-0.25, -0.2) is 0 Å². The summed E-state index contributed by atoms with van der Waals surface area (Å²) in [6, 6.07) is 14.1. The summed E-state index contributed by atoms with van der Waals surface area (Å²) in [7, 11) is 1.66. The maximum atomic E-state index is 13.1.